The normalized spacial score (nSPS) is 10.2. The molecular weight excluding hydrogens is 280 g/mol. The summed E-state index contributed by atoms with van der Waals surface area (Å²) in [6.07, 6.45) is 0.466. The van der Waals surface area contributed by atoms with E-state index in [0.29, 0.717) is 11.8 Å². The van der Waals surface area contributed by atoms with Crippen LogP contribution in [0.4, 0.5) is 11.4 Å². The fraction of sp³-hybridized carbons (Fsp3) is 0.222. The maximum absolute atomic E-state index is 10.4. The summed E-state index contributed by atoms with van der Waals surface area (Å²) in [6.45, 7) is 0. The fourth-order valence-corrected chi connectivity index (χ4v) is 1.03. The Hall–Kier alpha value is -2.20. The zero-order chi connectivity index (χ0) is 15.2. The Morgan fingerprint density at radius 1 is 1.47 bits per heavy atom. The second-order valence-corrected chi connectivity index (χ2v) is 4.92. The number of nitrogens with two attached hydrogens (primary N) is 1. The molecule has 0 radical (unpaired) electrons. The molecule has 0 aromatic heterocycles. The zero-order valence-electron chi connectivity index (χ0n) is 9.81. The van der Waals surface area contributed by atoms with Gasteiger partial charge in [0.1, 0.15) is 5.69 Å². The number of hydrogen-bond donors (Lipinski definition) is 3. The van der Waals surface area contributed by atoms with Crippen molar-refractivity contribution in [3.63, 3.8) is 0 Å². The van der Waals surface area contributed by atoms with E-state index in [4.69, 9.17) is 15.4 Å². The number of nitrogen functional groups attached to an aromatic ring is 1. The van der Waals surface area contributed by atoms with Gasteiger partial charge in [0.2, 0.25) is 0 Å². The molecule has 0 bridgehead atoms. The maximum Gasteiger partial charge on any atom is 0.307 e. The van der Waals surface area contributed by atoms with Crippen LogP contribution in [0.5, 0.6) is 0 Å². The topological polar surface area (TPSA) is 161 Å². The second-order valence-electron chi connectivity index (χ2n) is 3.45. The Balaban J connectivity index is 0.000000555. The minimum atomic E-state index is -3.67. The number of nitro groups is 1. The number of carboxylic acid groups (broad SMARTS) is 1. The molecule has 0 spiro atoms. The highest BCUT2D eigenvalue weighted by Crippen LogP contribution is 2.22. The molecule has 0 heterocycles. The van der Waals surface area contributed by atoms with Gasteiger partial charge in [-0.3, -0.25) is 19.5 Å². The van der Waals surface area contributed by atoms with Crippen LogP contribution in [-0.2, 0) is 21.3 Å². The Morgan fingerprint density at radius 2 is 1.95 bits per heavy atom. The first-order valence-electron chi connectivity index (χ1n) is 4.67. The molecule has 0 aliphatic heterocycles. The third kappa shape index (κ3) is 8.51. The molecule has 1 rings (SSSR count). The molecule has 106 valence electrons. The van der Waals surface area contributed by atoms with Crippen molar-refractivity contribution in [2.75, 3.05) is 12.0 Å². The SMILES string of the molecule is CS(=O)(=O)O.Nc1ccc(CC(=O)O)cc1[N+](=O)[O-]. The van der Waals surface area contributed by atoms with Gasteiger partial charge in [-0.25, -0.2) is 0 Å². The van der Waals surface area contributed by atoms with Gasteiger partial charge >= 0.3 is 5.97 Å². The van der Waals surface area contributed by atoms with Crippen molar-refractivity contribution in [2.45, 2.75) is 6.42 Å². The molecule has 0 amide bonds. The van der Waals surface area contributed by atoms with E-state index >= 15 is 0 Å². The maximum atomic E-state index is 10.4. The molecule has 4 N–H and O–H groups in total. The molecule has 10 heteroatoms. The van der Waals surface area contributed by atoms with Crippen LogP contribution in [0.3, 0.4) is 0 Å². The van der Waals surface area contributed by atoms with E-state index in [1.54, 1.807) is 0 Å². The van der Waals surface area contributed by atoms with E-state index in [1.165, 1.54) is 18.2 Å². The third-order valence-corrected chi connectivity index (χ3v) is 1.65. The van der Waals surface area contributed by atoms with Gasteiger partial charge in [0, 0.05) is 6.07 Å². The Bertz CT molecular complexity index is 574. The number of nitro benzene ring substituents is 1. The predicted octanol–water partition coefficient (Wildman–Crippen LogP) is 0.308. The van der Waals surface area contributed by atoms with Gasteiger partial charge in [-0.05, 0) is 11.6 Å². The van der Waals surface area contributed by atoms with Crippen LogP contribution in [0.1, 0.15) is 5.56 Å². The van der Waals surface area contributed by atoms with Crippen LogP contribution < -0.4 is 5.73 Å². The third-order valence-electron chi connectivity index (χ3n) is 1.65. The van der Waals surface area contributed by atoms with E-state index in [1.807, 2.05) is 0 Å². The first-order valence-corrected chi connectivity index (χ1v) is 6.52. The van der Waals surface area contributed by atoms with Gasteiger partial charge in [-0.2, -0.15) is 8.42 Å². The number of hydrogen-bond acceptors (Lipinski definition) is 6. The summed E-state index contributed by atoms with van der Waals surface area (Å²) >= 11 is 0. The lowest BCUT2D eigenvalue weighted by Gasteiger charge is -1.99. The van der Waals surface area contributed by atoms with Crippen LogP contribution in [-0.4, -0.2) is 35.2 Å². The molecule has 1 aromatic carbocycles. The molecule has 0 atom stereocenters. The smallest absolute Gasteiger partial charge is 0.307 e. The molecule has 0 unspecified atom stereocenters. The summed E-state index contributed by atoms with van der Waals surface area (Å²) in [5.74, 6) is -1.04. The number of nitrogens with zero attached hydrogens (tertiary/aromatic N) is 1. The van der Waals surface area contributed by atoms with Crippen molar-refractivity contribution in [3.05, 3.63) is 33.9 Å². The van der Waals surface area contributed by atoms with Gasteiger partial charge in [-0.1, -0.05) is 6.07 Å². The molecule has 0 saturated heterocycles. The second kappa shape index (κ2) is 6.66. The molecular formula is C9H12N2O7S. The molecule has 19 heavy (non-hydrogen) atoms. The van der Waals surface area contributed by atoms with Crippen LogP contribution in [0, 0.1) is 10.1 Å². The van der Waals surface area contributed by atoms with Crippen molar-refractivity contribution in [1.29, 1.82) is 0 Å². The first kappa shape index (κ1) is 16.8. The monoisotopic (exact) mass is 292 g/mol. The standard InChI is InChI=1S/C8H8N2O4.CH4O3S/c9-6-2-1-5(4-8(11)12)3-7(6)10(13)14;1-5(2,3)4/h1-3H,4,9H2,(H,11,12);1H3,(H,2,3,4). The number of rotatable bonds is 3. The van der Waals surface area contributed by atoms with Gasteiger partial charge in [0.15, 0.2) is 0 Å². The average Bonchev–Trinajstić information content (AvgIpc) is 2.17. The Labute approximate surface area is 108 Å². The summed E-state index contributed by atoms with van der Waals surface area (Å²) in [6, 6.07) is 3.95. The van der Waals surface area contributed by atoms with Crippen LogP contribution in [0.15, 0.2) is 18.2 Å². The summed E-state index contributed by atoms with van der Waals surface area (Å²) in [7, 11) is -3.67. The number of anilines is 1. The van der Waals surface area contributed by atoms with Gasteiger partial charge in [-0.15, -0.1) is 0 Å². The summed E-state index contributed by atoms with van der Waals surface area (Å²) < 4.78 is 25.9. The Morgan fingerprint density at radius 3 is 2.32 bits per heavy atom. The predicted molar refractivity (Wildman–Crippen MR) is 66.3 cm³/mol. The lowest BCUT2D eigenvalue weighted by atomic mass is 10.1. The molecule has 0 saturated carbocycles. The fourth-order valence-electron chi connectivity index (χ4n) is 1.03. The van der Waals surface area contributed by atoms with Crippen LogP contribution >= 0.6 is 0 Å². The highest BCUT2D eigenvalue weighted by molar-refractivity contribution is 7.85. The van der Waals surface area contributed by atoms with E-state index in [9.17, 15) is 23.3 Å². The van der Waals surface area contributed by atoms with Gasteiger partial charge in [0.05, 0.1) is 17.6 Å². The van der Waals surface area contributed by atoms with E-state index < -0.39 is 21.0 Å². The van der Waals surface area contributed by atoms with E-state index in [-0.39, 0.29) is 17.8 Å². The van der Waals surface area contributed by atoms with E-state index in [0.717, 1.165) is 0 Å². The first-order chi connectivity index (χ1) is 8.50. The number of benzene rings is 1. The number of carbonyl (C=O) groups is 1. The number of carboxylic acids is 1. The van der Waals surface area contributed by atoms with Crippen LogP contribution in [0.25, 0.3) is 0 Å². The molecule has 1 aromatic rings. The minimum absolute atomic E-state index is 0.0316. The van der Waals surface area contributed by atoms with E-state index in [2.05, 4.69) is 0 Å². The lowest BCUT2D eigenvalue weighted by molar-refractivity contribution is -0.383. The minimum Gasteiger partial charge on any atom is -0.481 e. The number of aliphatic carboxylic acids is 1. The lowest BCUT2D eigenvalue weighted by Crippen LogP contribution is -2.02. The molecule has 0 aliphatic carbocycles. The van der Waals surface area contributed by atoms with Crippen LogP contribution in [0.2, 0.25) is 0 Å². The highest BCUT2D eigenvalue weighted by atomic mass is 32.2. The molecule has 0 aliphatic rings. The average molecular weight is 292 g/mol. The molecule has 0 fully saturated rings. The van der Waals surface area contributed by atoms with Crippen molar-refractivity contribution >= 4 is 27.5 Å². The zero-order valence-corrected chi connectivity index (χ0v) is 10.6. The summed E-state index contributed by atoms with van der Waals surface area (Å²) in [5, 5.41) is 18.9. The van der Waals surface area contributed by atoms with Crippen molar-refractivity contribution in [1.82, 2.24) is 0 Å². The van der Waals surface area contributed by atoms with Crippen molar-refractivity contribution in [3.8, 4) is 0 Å². The largest absolute Gasteiger partial charge is 0.481 e. The molecule has 9 nitrogen and oxygen atoms in total. The van der Waals surface area contributed by atoms with Gasteiger partial charge in [0.25, 0.3) is 15.8 Å². The van der Waals surface area contributed by atoms with Gasteiger partial charge < -0.3 is 10.8 Å². The Kier molecular flexibility index (Phi) is 5.89. The quantitative estimate of drug-likeness (QED) is 0.310. The summed E-state index contributed by atoms with van der Waals surface area (Å²) in [5.41, 5.74) is 5.46. The highest BCUT2D eigenvalue weighted by Gasteiger charge is 2.12. The van der Waals surface area contributed by atoms with Crippen molar-refractivity contribution < 1.29 is 27.8 Å². The summed E-state index contributed by atoms with van der Waals surface area (Å²) in [4.78, 5) is 20.1. The van der Waals surface area contributed by atoms with Crippen molar-refractivity contribution in [2.24, 2.45) is 0 Å².